The van der Waals surface area contributed by atoms with Gasteiger partial charge in [0.25, 0.3) is 5.56 Å². The summed E-state index contributed by atoms with van der Waals surface area (Å²) in [5.41, 5.74) is 0.551. The average molecular weight is 300 g/mol. The molecule has 3 rings (SSSR count). The standard InChI is InChI=1S/C17H24N4O/c1-13(2)21-10-4-3-6-14(21)8-11-20-12-19-16-15(17(20)22)7-5-9-18-16/h5,7,9,12-14H,3-4,6,8,10-11H2,1-2H3. The first-order chi connectivity index (χ1) is 10.7. The molecule has 1 saturated heterocycles. The van der Waals surface area contributed by atoms with Gasteiger partial charge in [0.15, 0.2) is 5.65 Å². The summed E-state index contributed by atoms with van der Waals surface area (Å²) in [6, 6.07) is 4.73. The van der Waals surface area contributed by atoms with Crippen LogP contribution >= 0.6 is 0 Å². The van der Waals surface area contributed by atoms with E-state index in [9.17, 15) is 4.79 Å². The summed E-state index contributed by atoms with van der Waals surface area (Å²) in [4.78, 5) is 23.5. The lowest BCUT2D eigenvalue weighted by Gasteiger charge is -2.38. The molecule has 118 valence electrons. The van der Waals surface area contributed by atoms with Crippen molar-refractivity contribution in [2.24, 2.45) is 0 Å². The zero-order chi connectivity index (χ0) is 15.5. The molecule has 0 aliphatic carbocycles. The van der Waals surface area contributed by atoms with Gasteiger partial charge < -0.3 is 0 Å². The molecule has 0 bridgehead atoms. The largest absolute Gasteiger partial charge is 0.299 e. The van der Waals surface area contributed by atoms with E-state index in [2.05, 4.69) is 28.7 Å². The molecule has 0 spiro atoms. The van der Waals surface area contributed by atoms with Crippen LogP contribution in [-0.2, 0) is 6.54 Å². The summed E-state index contributed by atoms with van der Waals surface area (Å²) < 4.78 is 1.73. The number of fused-ring (bicyclic) bond motifs is 1. The first kappa shape index (κ1) is 15.2. The van der Waals surface area contributed by atoms with E-state index in [1.807, 2.05) is 0 Å². The van der Waals surface area contributed by atoms with Gasteiger partial charge in [-0.1, -0.05) is 6.42 Å². The molecule has 0 N–H and O–H groups in total. The van der Waals surface area contributed by atoms with Gasteiger partial charge in [0.1, 0.15) is 0 Å². The molecule has 1 unspecified atom stereocenters. The van der Waals surface area contributed by atoms with E-state index in [1.54, 1.807) is 29.2 Å². The molecule has 0 radical (unpaired) electrons. The maximum Gasteiger partial charge on any atom is 0.262 e. The summed E-state index contributed by atoms with van der Waals surface area (Å²) in [6.45, 7) is 6.42. The molecule has 3 heterocycles. The zero-order valence-electron chi connectivity index (χ0n) is 13.4. The van der Waals surface area contributed by atoms with Crippen LogP contribution in [0.4, 0.5) is 0 Å². The normalized spacial score (nSPS) is 19.9. The zero-order valence-corrected chi connectivity index (χ0v) is 13.4. The van der Waals surface area contributed by atoms with E-state index in [0.717, 1.165) is 13.0 Å². The molecular formula is C17H24N4O. The fraction of sp³-hybridized carbons (Fsp3) is 0.588. The predicted molar refractivity (Wildman–Crippen MR) is 87.9 cm³/mol. The highest BCUT2D eigenvalue weighted by molar-refractivity contribution is 5.72. The minimum atomic E-state index is 0.0185. The highest BCUT2D eigenvalue weighted by Gasteiger charge is 2.24. The minimum Gasteiger partial charge on any atom is -0.299 e. The van der Waals surface area contributed by atoms with Crippen molar-refractivity contribution in [3.05, 3.63) is 35.0 Å². The molecule has 1 atom stereocenters. The third kappa shape index (κ3) is 3.04. The first-order valence-electron chi connectivity index (χ1n) is 8.22. The van der Waals surface area contributed by atoms with Crippen LogP contribution in [0.3, 0.4) is 0 Å². The minimum absolute atomic E-state index is 0.0185. The van der Waals surface area contributed by atoms with Crippen molar-refractivity contribution < 1.29 is 0 Å². The Balaban J connectivity index is 1.76. The number of hydrogen-bond acceptors (Lipinski definition) is 4. The van der Waals surface area contributed by atoms with E-state index in [4.69, 9.17) is 0 Å². The fourth-order valence-electron chi connectivity index (χ4n) is 3.46. The molecule has 1 aliphatic heterocycles. The van der Waals surface area contributed by atoms with Crippen LogP contribution in [0.25, 0.3) is 11.0 Å². The molecule has 1 fully saturated rings. The number of rotatable bonds is 4. The van der Waals surface area contributed by atoms with Crippen molar-refractivity contribution >= 4 is 11.0 Å². The molecule has 0 aromatic carbocycles. The molecule has 5 nitrogen and oxygen atoms in total. The molecule has 2 aromatic heterocycles. The van der Waals surface area contributed by atoms with Gasteiger partial charge in [-0.05, 0) is 51.8 Å². The Kier molecular flexibility index (Phi) is 4.52. The summed E-state index contributed by atoms with van der Waals surface area (Å²) in [5.74, 6) is 0. The van der Waals surface area contributed by atoms with Crippen LogP contribution in [0.1, 0.15) is 39.5 Å². The van der Waals surface area contributed by atoms with Gasteiger partial charge >= 0.3 is 0 Å². The molecule has 22 heavy (non-hydrogen) atoms. The van der Waals surface area contributed by atoms with Crippen LogP contribution in [0.2, 0.25) is 0 Å². The van der Waals surface area contributed by atoms with Crippen molar-refractivity contribution in [3.63, 3.8) is 0 Å². The average Bonchev–Trinajstić information content (AvgIpc) is 2.55. The van der Waals surface area contributed by atoms with Gasteiger partial charge in [-0.15, -0.1) is 0 Å². The van der Waals surface area contributed by atoms with E-state index in [-0.39, 0.29) is 5.56 Å². The van der Waals surface area contributed by atoms with Crippen molar-refractivity contribution in [2.75, 3.05) is 6.54 Å². The van der Waals surface area contributed by atoms with Crippen molar-refractivity contribution in [1.82, 2.24) is 19.4 Å². The van der Waals surface area contributed by atoms with Crippen LogP contribution in [-0.4, -0.2) is 38.1 Å². The highest BCUT2D eigenvalue weighted by Crippen LogP contribution is 2.22. The summed E-state index contributed by atoms with van der Waals surface area (Å²) in [6.07, 6.45) is 8.13. The van der Waals surface area contributed by atoms with Gasteiger partial charge in [0.05, 0.1) is 11.7 Å². The lowest BCUT2D eigenvalue weighted by molar-refractivity contribution is 0.102. The smallest absolute Gasteiger partial charge is 0.262 e. The van der Waals surface area contributed by atoms with Gasteiger partial charge in [-0.2, -0.15) is 0 Å². The topological polar surface area (TPSA) is 51.0 Å². The van der Waals surface area contributed by atoms with Crippen molar-refractivity contribution in [2.45, 2.75) is 58.2 Å². The number of likely N-dealkylation sites (tertiary alicyclic amines) is 1. The molecular weight excluding hydrogens is 276 g/mol. The Bertz CT molecular complexity index is 694. The van der Waals surface area contributed by atoms with Crippen LogP contribution < -0.4 is 5.56 Å². The third-order valence-electron chi connectivity index (χ3n) is 4.64. The maximum absolute atomic E-state index is 12.5. The summed E-state index contributed by atoms with van der Waals surface area (Å²) in [7, 11) is 0. The predicted octanol–water partition coefficient (Wildman–Crippen LogP) is 2.44. The molecule has 2 aromatic rings. The monoisotopic (exact) mass is 300 g/mol. The number of hydrogen-bond donors (Lipinski definition) is 0. The second-order valence-corrected chi connectivity index (χ2v) is 6.39. The van der Waals surface area contributed by atoms with E-state index in [1.165, 1.54) is 25.8 Å². The van der Waals surface area contributed by atoms with Crippen molar-refractivity contribution in [3.8, 4) is 0 Å². The Labute approximate surface area is 131 Å². The second kappa shape index (κ2) is 6.57. The number of aryl methyl sites for hydroxylation is 1. The molecule has 0 amide bonds. The molecule has 0 saturated carbocycles. The quantitative estimate of drug-likeness (QED) is 0.870. The number of piperidine rings is 1. The maximum atomic E-state index is 12.5. The number of aromatic nitrogens is 3. The highest BCUT2D eigenvalue weighted by atomic mass is 16.1. The van der Waals surface area contributed by atoms with Gasteiger partial charge in [0.2, 0.25) is 0 Å². The Morgan fingerprint density at radius 2 is 2.18 bits per heavy atom. The summed E-state index contributed by atoms with van der Waals surface area (Å²) in [5, 5.41) is 0.606. The lowest BCUT2D eigenvalue weighted by atomic mass is 9.98. The second-order valence-electron chi connectivity index (χ2n) is 6.39. The van der Waals surface area contributed by atoms with Gasteiger partial charge in [0, 0.05) is 24.8 Å². The Hall–Kier alpha value is -1.75. The third-order valence-corrected chi connectivity index (χ3v) is 4.64. The Morgan fingerprint density at radius 3 is 3.00 bits per heavy atom. The number of pyridine rings is 1. The van der Waals surface area contributed by atoms with Crippen LogP contribution in [0.5, 0.6) is 0 Å². The van der Waals surface area contributed by atoms with Crippen LogP contribution in [0, 0.1) is 0 Å². The molecule has 5 heteroatoms. The van der Waals surface area contributed by atoms with E-state index in [0.29, 0.717) is 23.1 Å². The number of nitrogens with zero attached hydrogens (tertiary/aromatic N) is 4. The Morgan fingerprint density at radius 1 is 1.32 bits per heavy atom. The van der Waals surface area contributed by atoms with Gasteiger partial charge in [-0.25, -0.2) is 9.97 Å². The summed E-state index contributed by atoms with van der Waals surface area (Å²) >= 11 is 0. The fourth-order valence-corrected chi connectivity index (χ4v) is 3.46. The lowest BCUT2D eigenvalue weighted by Crippen LogP contribution is -2.44. The van der Waals surface area contributed by atoms with Crippen molar-refractivity contribution in [1.29, 1.82) is 0 Å². The first-order valence-corrected chi connectivity index (χ1v) is 8.22. The van der Waals surface area contributed by atoms with E-state index < -0.39 is 0 Å². The van der Waals surface area contributed by atoms with Crippen LogP contribution in [0.15, 0.2) is 29.5 Å². The molecule has 1 aliphatic rings. The van der Waals surface area contributed by atoms with Gasteiger partial charge in [-0.3, -0.25) is 14.3 Å². The van der Waals surface area contributed by atoms with E-state index >= 15 is 0 Å². The SMILES string of the molecule is CC(C)N1CCCCC1CCn1cnc2ncccc2c1=O.